The minimum atomic E-state index is -2.69. The molecule has 0 radical (unpaired) electrons. The number of benzene rings is 1. The smallest absolute Gasteiger partial charge is 0.242 e. The maximum Gasteiger partial charge on any atom is 0.242 e. The zero-order chi connectivity index (χ0) is 21.2. The summed E-state index contributed by atoms with van der Waals surface area (Å²) in [6.45, 7) is 0.779. The molecule has 1 aliphatic carbocycles. The van der Waals surface area contributed by atoms with Gasteiger partial charge in [0.2, 0.25) is 11.8 Å². The number of amides is 2. The average molecular weight is 318 g/mol. The van der Waals surface area contributed by atoms with Crippen molar-refractivity contribution in [3.05, 3.63) is 35.4 Å². The number of carbonyl (C=O) groups excluding carboxylic acids is 2. The summed E-state index contributed by atoms with van der Waals surface area (Å²) in [5.41, 5.74) is 2.16. The van der Waals surface area contributed by atoms with Gasteiger partial charge < -0.3 is 9.80 Å². The van der Waals surface area contributed by atoms with E-state index >= 15 is 0 Å². The van der Waals surface area contributed by atoms with E-state index in [1.807, 2.05) is 24.3 Å². The van der Waals surface area contributed by atoms with Crippen LogP contribution in [0.1, 0.15) is 57.4 Å². The van der Waals surface area contributed by atoms with E-state index in [-0.39, 0.29) is 25.0 Å². The maximum atomic E-state index is 13.2. The summed E-state index contributed by atoms with van der Waals surface area (Å²) in [6.07, 6.45) is -7.66. The van der Waals surface area contributed by atoms with Crippen LogP contribution in [0.4, 0.5) is 0 Å². The van der Waals surface area contributed by atoms with Crippen molar-refractivity contribution in [3.63, 3.8) is 0 Å². The van der Waals surface area contributed by atoms with Crippen molar-refractivity contribution in [1.82, 2.24) is 9.80 Å². The predicted octanol–water partition coefficient (Wildman–Crippen LogP) is 2.53. The van der Waals surface area contributed by atoms with Crippen LogP contribution in [0.15, 0.2) is 24.3 Å². The highest BCUT2D eigenvalue weighted by molar-refractivity contribution is 5.87. The Bertz CT molecular complexity index is 839. The molecule has 4 nitrogen and oxygen atoms in total. The summed E-state index contributed by atoms with van der Waals surface area (Å²) in [4.78, 5) is 29.1. The second kappa shape index (κ2) is 5.99. The predicted molar refractivity (Wildman–Crippen MR) is 87.8 cm³/mol. The summed E-state index contributed by atoms with van der Waals surface area (Å²) >= 11 is 0. The van der Waals surface area contributed by atoms with E-state index in [4.69, 9.17) is 8.22 Å². The van der Waals surface area contributed by atoms with Crippen LogP contribution in [-0.4, -0.2) is 41.2 Å². The van der Waals surface area contributed by atoms with Crippen LogP contribution in [-0.2, 0) is 16.0 Å². The lowest BCUT2D eigenvalue weighted by Gasteiger charge is -2.45. The highest BCUT2D eigenvalue weighted by Gasteiger charge is 2.39. The van der Waals surface area contributed by atoms with Crippen molar-refractivity contribution >= 4 is 11.8 Å². The largest absolute Gasteiger partial charge is 0.332 e. The van der Waals surface area contributed by atoms with E-state index in [0.29, 0.717) is 6.54 Å². The number of fused-ring (bicyclic) bond motifs is 3. The zero-order valence-electron chi connectivity index (χ0n) is 18.9. The molecule has 0 bridgehead atoms. The third kappa shape index (κ3) is 2.64. The highest BCUT2D eigenvalue weighted by atomic mass is 16.2. The third-order valence-electron chi connectivity index (χ3n) is 4.99. The van der Waals surface area contributed by atoms with Gasteiger partial charge in [0.15, 0.2) is 0 Å². The van der Waals surface area contributed by atoms with Gasteiger partial charge in [-0.25, -0.2) is 0 Å². The molecule has 0 spiro atoms. The molecule has 1 aromatic rings. The average Bonchev–Trinajstić information content (AvgIpc) is 2.65. The number of carbonyl (C=O) groups is 2. The number of hydrogen-bond acceptors (Lipinski definition) is 2. The molecule has 0 aromatic heterocycles. The molecule has 0 N–H and O–H groups in total. The van der Waals surface area contributed by atoms with Crippen LogP contribution in [0.3, 0.4) is 0 Å². The number of piperazine rings is 1. The minimum Gasteiger partial charge on any atom is -0.332 e. The second-order valence-electron chi connectivity index (χ2n) is 6.35. The molecule has 2 aliphatic heterocycles. The Hall–Kier alpha value is -1.84. The standard InChI is InChI=1S/C19H24N2O2/c22-18-13-20(19(23)15-7-2-1-3-8-15)12-17-16-9-5-4-6-14(16)10-11-21(17)18/h4-6,9,15,17H,1-3,7-8,10-13H2/i1D2,2D2,3D2. The maximum absolute atomic E-state index is 13.2. The summed E-state index contributed by atoms with van der Waals surface area (Å²) < 4.78 is 47.8. The minimum absolute atomic E-state index is 0.104. The first-order valence-electron chi connectivity index (χ1n) is 11.1. The first kappa shape index (κ1) is 9.45. The molecule has 1 aromatic carbocycles. The van der Waals surface area contributed by atoms with Gasteiger partial charge in [0.25, 0.3) is 0 Å². The Morgan fingerprint density at radius 1 is 1.17 bits per heavy atom. The van der Waals surface area contributed by atoms with E-state index in [1.165, 1.54) is 4.90 Å². The molecule has 1 atom stereocenters. The van der Waals surface area contributed by atoms with E-state index in [1.54, 1.807) is 4.90 Å². The normalized spacial score (nSPS) is 35.5. The van der Waals surface area contributed by atoms with Crippen molar-refractivity contribution in [2.45, 2.75) is 44.4 Å². The molecule has 1 saturated carbocycles. The molecule has 1 saturated heterocycles. The lowest BCUT2D eigenvalue weighted by Crippen LogP contribution is -2.56. The van der Waals surface area contributed by atoms with Gasteiger partial charge in [0.1, 0.15) is 0 Å². The molecule has 122 valence electrons. The Labute approximate surface area is 145 Å². The Morgan fingerprint density at radius 3 is 2.78 bits per heavy atom. The molecule has 23 heavy (non-hydrogen) atoms. The molecule has 2 fully saturated rings. The first-order valence-corrected chi connectivity index (χ1v) is 8.11. The van der Waals surface area contributed by atoms with Crippen LogP contribution in [0, 0.1) is 5.92 Å². The quantitative estimate of drug-likeness (QED) is 0.798. The molecule has 1 unspecified atom stereocenters. The van der Waals surface area contributed by atoms with E-state index in [9.17, 15) is 9.59 Å². The summed E-state index contributed by atoms with van der Waals surface area (Å²) in [5, 5.41) is 0. The van der Waals surface area contributed by atoms with Crippen molar-refractivity contribution in [3.8, 4) is 0 Å². The van der Waals surface area contributed by atoms with Crippen molar-refractivity contribution in [2.24, 2.45) is 5.92 Å². The van der Waals surface area contributed by atoms with Gasteiger partial charge in [0, 0.05) is 27.2 Å². The Morgan fingerprint density at radius 2 is 1.96 bits per heavy atom. The zero-order valence-corrected chi connectivity index (χ0v) is 12.9. The molecular weight excluding hydrogens is 288 g/mol. The van der Waals surface area contributed by atoms with Crippen LogP contribution in [0.25, 0.3) is 0 Å². The number of nitrogens with zero attached hydrogens (tertiary/aromatic N) is 2. The monoisotopic (exact) mass is 318 g/mol. The van der Waals surface area contributed by atoms with Crippen molar-refractivity contribution in [2.75, 3.05) is 19.6 Å². The van der Waals surface area contributed by atoms with Gasteiger partial charge >= 0.3 is 0 Å². The third-order valence-corrected chi connectivity index (χ3v) is 4.99. The molecule has 4 rings (SSSR count). The second-order valence-corrected chi connectivity index (χ2v) is 6.35. The van der Waals surface area contributed by atoms with E-state index in [2.05, 4.69) is 0 Å². The van der Waals surface area contributed by atoms with Crippen LogP contribution < -0.4 is 0 Å². The van der Waals surface area contributed by atoms with E-state index < -0.39 is 43.8 Å². The molecule has 3 aliphatic rings. The summed E-state index contributed by atoms with van der Waals surface area (Å²) in [6, 6.07) is 7.57. The fraction of sp³-hybridized carbons (Fsp3) is 0.579. The van der Waals surface area contributed by atoms with Gasteiger partial charge in [-0.05, 0) is 30.4 Å². The van der Waals surface area contributed by atoms with Gasteiger partial charge in [-0.2, -0.15) is 0 Å². The topological polar surface area (TPSA) is 40.6 Å². The summed E-state index contributed by atoms with van der Waals surface area (Å²) in [7, 11) is 0. The van der Waals surface area contributed by atoms with Crippen LogP contribution in [0.5, 0.6) is 0 Å². The van der Waals surface area contributed by atoms with Crippen molar-refractivity contribution < 1.29 is 17.8 Å². The van der Waals surface area contributed by atoms with Crippen molar-refractivity contribution in [1.29, 1.82) is 0 Å². The molecule has 2 amide bonds. The molecular formula is C19H24N2O2. The van der Waals surface area contributed by atoms with Gasteiger partial charge in [-0.15, -0.1) is 0 Å². The number of rotatable bonds is 1. The lowest BCUT2D eigenvalue weighted by atomic mass is 9.87. The van der Waals surface area contributed by atoms with Crippen LogP contribution >= 0.6 is 0 Å². The fourth-order valence-electron chi connectivity index (χ4n) is 3.76. The van der Waals surface area contributed by atoms with Gasteiger partial charge in [-0.1, -0.05) is 43.4 Å². The SMILES string of the molecule is [2H]C1([2H])CC(C(=O)N2CC(=O)N3CCc4ccccc4C3C2)CC([2H])([2H])C1([2H])[2H]. The molecule has 4 heteroatoms. The van der Waals surface area contributed by atoms with Gasteiger partial charge in [0.05, 0.1) is 12.6 Å². The lowest BCUT2D eigenvalue weighted by molar-refractivity contribution is -0.152. The fourth-order valence-corrected chi connectivity index (χ4v) is 3.76. The van der Waals surface area contributed by atoms with E-state index in [0.717, 1.165) is 17.5 Å². The highest BCUT2D eigenvalue weighted by Crippen LogP contribution is 2.34. The Balaban J connectivity index is 1.58. The van der Waals surface area contributed by atoms with Crippen LogP contribution in [0.2, 0.25) is 0 Å². The Kier molecular flexibility index (Phi) is 2.46. The van der Waals surface area contributed by atoms with Gasteiger partial charge in [-0.3, -0.25) is 9.59 Å². The first-order chi connectivity index (χ1) is 13.4. The summed E-state index contributed by atoms with van der Waals surface area (Å²) in [5.74, 6) is -1.63. The molecule has 2 heterocycles. The number of hydrogen-bond donors (Lipinski definition) is 0.